The van der Waals surface area contributed by atoms with Gasteiger partial charge in [0.25, 0.3) is 5.91 Å². The second kappa shape index (κ2) is 9.24. The van der Waals surface area contributed by atoms with Crippen LogP contribution in [0, 0.1) is 0 Å². The van der Waals surface area contributed by atoms with E-state index in [4.69, 9.17) is 11.6 Å². The minimum absolute atomic E-state index is 0. The summed E-state index contributed by atoms with van der Waals surface area (Å²) in [5.41, 5.74) is 2.65. The first-order valence-electron chi connectivity index (χ1n) is 9.82. The van der Waals surface area contributed by atoms with Gasteiger partial charge in [0.1, 0.15) is 11.2 Å². The predicted molar refractivity (Wildman–Crippen MR) is 129 cm³/mol. The molecule has 0 bridgehead atoms. The standard InChI is InChI=1S/C21H18ClN7O2S.CH4/c1-28-17-7-13-14(24-26-19(13)22)8-18(17)32-11-16(21(28)31)23-20(30)15-10-29(27-25-15)9-12-5-3-2-4-6-12;/h2-8,10,16H,9,11H2,1H3,(H,23,30)(H,24,26);1H4/t16-;/m0./s1. The Morgan fingerprint density at radius 2 is 2.09 bits per heavy atom. The molecule has 0 saturated carbocycles. The smallest absolute Gasteiger partial charge is 0.274 e. The van der Waals surface area contributed by atoms with Crippen LogP contribution in [0.2, 0.25) is 5.15 Å². The molecule has 9 nitrogen and oxygen atoms in total. The number of rotatable bonds is 4. The van der Waals surface area contributed by atoms with E-state index in [1.807, 2.05) is 42.5 Å². The molecular formula is C22H22ClN7O2S. The summed E-state index contributed by atoms with van der Waals surface area (Å²) in [6.07, 6.45) is 1.58. The first-order valence-corrected chi connectivity index (χ1v) is 11.2. The fourth-order valence-electron chi connectivity index (χ4n) is 3.56. The number of aromatic nitrogens is 5. The maximum absolute atomic E-state index is 13.1. The predicted octanol–water partition coefficient (Wildman–Crippen LogP) is 3.36. The number of halogens is 1. The normalized spacial score (nSPS) is 15.6. The molecule has 0 radical (unpaired) electrons. The maximum atomic E-state index is 13.1. The van der Waals surface area contributed by atoms with Gasteiger partial charge in [-0.3, -0.25) is 14.7 Å². The number of hydrogen-bond donors (Lipinski definition) is 2. The summed E-state index contributed by atoms with van der Waals surface area (Å²) in [6.45, 7) is 0.502. The van der Waals surface area contributed by atoms with Crippen LogP contribution >= 0.6 is 23.4 Å². The summed E-state index contributed by atoms with van der Waals surface area (Å²) >= 11 is 7.64. The van der Waals surface area contributed by atoms with Crippen LogP contribution in [0.5, 0.6) is 0 Å². The van der Waals surface area contributed by atoms with E-state index >= 15 is 0 Å². The molecule has 1 aliphatic heterocycles. The van der Waals surface area contributed by atoms with Crippen molar-refractivity contribution in [2.24, 2.45) is 0 Å². The Labute approximate surface area is 199 Å². The van der Waals surface area contributed by atoms with Crippen molar-refractivity contribution in [2.75, 3.05) is 17.7 Å². The summed E-state index contributed by atoms with van der Waals surface area (Å²) in [5, 5.41) is 18.9. The van der Waals surface area contributed by atoms with E-state index in [2.05, 4.69) is 25.8 Å². The third-order valence-electron chi connectivity index (χ3n) is 5.25. The number of aromatic amines is 1. The molecule has 33 heavy (non-hydrogen) atoms. The molecule has 2 aromatic carbocycles. The molecule has 0 fully saturated rings. The number of anilines is 1. The first kappa shape index (κ1) is 22.8. The van der Waals surface area contributed by atoms with Crippen LogP contribution in [-0.4, -0.2) is 55.8 Å². The van der Waals surface area contributed by atoms with Crippen molar-refractivity contribution in [2.45, 2.75) is 24.9 Å². The largest absolute Gasteiger partial charge is 0.338 e. The molecule has 0 spiro atoms. The highest BCUT2D eigenvalue weighted by Gasteiger charge is 2.31. The number of thioether (sulfide) groups is 1. The minimum Gasteiger partial charge on any atom is -0.338 e. The highest BCUT2D eigenvalue weighted by molar-refractivity contribution is 7.99. The van der Waals surface area contributed by atoms with E-state index in [-0.39, 0.29) is 19.0 Å². The Morgan fingerprint density at radius 3 is 2.88 bits per heavy atom. The lowest BCUT2D eigenvalue weighted by Gasteiger charge is -2.21. The Hall–Kier alpha value is -3.37. The molecule has 2 N–H and O–H groups in total. The number of benzene rings is 2. The molecular weight excluding hydrogens is 462 g/mol. The van der Waals surface area contributed by atoms with E-state index in [1.54, 1.807) is 17.9 Å². The van der Waals surface area contributed by atoms with Crippen molar-refractivity contribution in [3.63, 3.8) is 0 Å². The number of H-pyrrole nitrogens is 1. The Balaban J connectivity index is 0.00000259. The summed E-state index contributed by atoms with van der Waals surface area (Å²) in [7, 11) is 1.68. The number of nitrogens with one attached hydrogen (secondary N) is 2. The molecule has 0 saturated heterocycles. The molecule has 4 aromatic rings. The number of carbonyl (C=O) groups excluding carboxylic acids is 2. The lowest BCUT2D eigenvalue weighted by Crippen LogP contribution is -2.48. The monoisotopic (exact) mass is 483 g/mol. The fraction of sp³-hybridized carbons (Fsp3) is 0.227. The SMILES string of the molecule is C.CN1C(=O)[C@@H](NC(=O)c2cn(Cc3ccccc3)nn2)CSc2cc3n[nH]c(Cl)c3cc21. The van der Waals surface area contributed by atoms with Gasteiger partial charge in [0.2, 0.25) is 5.91 Å². The van der Waals surface area contributed by atoms with Gasteiger partial charge < -0.3 is 10.2 Å². The molecule has 1 atom stereocenters. The molecule has 170 valence electrons. The quantitative estimate of drug-likeness (QED) is 0.460. The zero-order chi connectivity index (χ0) is 22.2. The fourth-order valence-corrected chi connectivity index (χ4v) is 4.86. The molecule has 11 heteroatoms. The van der Waals surface area contributed by atoms with Crippen LogP contribution in [0.4, 0.5) is 5.69 Å². The van der Waals surface area contributed by atoms with Gasteiger partial charge in [0, 0.05) is 23.1 Å². The molecule has 3 heterocycles. The van der Waals surface area contributed by atoms with Crippen LogP contribution in [0.3, 0.4) is 0 Å². The van der Waals surface area contributed by atoms with Crippen LogP contribution in [-0.2, 0) is 11.3 Å². The first-order chi connectivity index (χ1) is 15.5. The van der Waals surface area contributed by atoms with Gasteiger partial charge in [0.05, 0.1) is 23.9 Å². The van der Waals surface area contributed by atoms with Gasteiger partial charge in [0.15, 0.2) is 5.69 Å². The van der Waals surface area contributed by atoms with Crippen molar-refractivity contribution in [1.29, 1.82) is 0 Å². The average Bonchev–Trinajstić information content (AvgIpc) is 3.39. The minimum atomic E-state index is -0.714. The van der Waals surface area contributed by atoms with Gasteiger partial charge in [-0.2, -0.15) is 5.10 Å². The molecule has 1 aliphatic rings. The van der Waals surface area contributed by atoms with Crippen LogP contribution in [0.15, 0.2) is 53.6 Å². The third-order valence-corrected chi connectivity index (χ3v) is 6.67. The molecule has 5 rings (SSSR count). The number of fused-ring (bicyclic) bond motifs is 2. The van der Waals surface area contributed by atoms with Crippen molar-refractivity contribution < 1.29 is 9.59 Å². The van der Waals surface area contributed by atoms with E-state index < -0.39 is 11.9 Å². The number of amides is 2. The lowest BCUT2D eigenvalue weighted by atomic mass is 10.2. The molecule has 0 unspecified atom stereocenters. The van der Waals surface area contributed by atoms with E-state index in [9.17, 15) is 9.59 Å². The second-order valence-corrected chi connectivity index (χ2v) is 8.84. The molecule has 0 aliphatic carbocycles. The summed E-state index contributed by atoms with van der Waals surface area (Å²) < 4.78 is 1.59. The Kier molecular flexibility index (Phi) is 6.39. The van der Waals surface area contributed by atoms with Gasteiger partial charge in [-0.1, -0.05) is 54.6 Å². The van der Waals surface area contributed by atoms with Gasteiger partial charge in [-0.25, -0.2) is 4.68 Å². The maximum Gasteiger partial charge on any atom is 0.274 e. The summed E-state index contributed by atoms with van der Waals surface area (Å²) in [5.74, 6) is -0.287. The zero-order valence-electron chi connectivity index (χ0n) is 16.9. The Morgan fingerprint density at radius 1 is 1.30 bits per heavy atom. The molecule has 2 aromatic heterocycles. The van der Waals surface area contributed by atoms with Crippen LogP contribution < -0.4 is 10.2 Å². The van der Waals surface area contributed by atoms with Crippen molar-refractivity contribution in [3.8, 4) is 0 Å². The van der Waals surface area contributed by atoms with E-state index in [0.29, 0.717) is 17.5 Å². The van der Waals surface area contributed by atoms with Crippen LogP contribution in [0.1, 0.15) is 23.5 Å². The van der Waals surface area contributed by atoms with Crippen molar-refractivity contribution in [1.82, 2.24) is 30.5 Å². The average molecular weight is 484 g/mol. The number of likely N-dealkylation sites (N-methyl/N-ethyl adjacent to an activating group) is 1. The number of nitrogens with zero attached hydrogens (tertiary/aromatic N) is 5. The number of hydrogen-bond acceptors (Lipinski definition) is 6. The van der Waals surface area contributed by atoms with E-state index in [1.165, 1.54) is 16.7 Å². The Bertz CT molecular complexity index is 1320. The highest BCUT2D eigenvalue weighted by atomic mass is 35.5. The topological polar surface area (TPSA) is 109 Å². The lowest BCUT2D eigenvalue weighted by molar-refractivity contribution is -0.119. The van der Waals surface area contributed by atoms with Gasteiger partial charge in [-0.05, 0) is 17.7 Å². The van der Waals surface area contributed by atoms with Crippen LogP contribution in [0.25, 0.3) is 10.9 Å². The van der Waals surface area contributed by atoms with Crippen molar-refractivity contribution in [3.05, 3.63) is 65.1 Å². The zero-order valence-corrected chi connectivity index (χ0v) is 18.5. The second-order valence-electron chi connectivity index (χ2n) is 7.40. The summed E-state index contributed by atoms with van der Waals surface area (Å²) in [6, 6.07) is 12.8. The van der Waals surface area contributed by atoms with E-state index in [0.717, 1.165) is 27.0 Å². The van der Waals surface area contributed by atoms with Crippen molar-refractivity contribution >= 4 is 51.8 Å². The third kappa shape index (κ3) is 4.44. The summed E-state index contributed by atoms with van der Waals surface area (Å²) in [4.78, 5) is 28.3. The highest BCUT2D eigenvalue weighted by Crippen LogP contribution is 2.38. The number of carbonyl (C=O) groups is 2. The van der Waals surface area contributed by atoms with Gasteiger partial charge in [-0.15, -0.1) is 16.9 Å². The molecule has 2 amide bonds. The van der Waals surface area contributed by atoms with Gasteiger partial charge >= 0.3 is 0 Å².